The molecular weight excluding hydrogens is 326 g/mol. The van der Waals surface area contributed by atoms with Gasteiger partial charge in [0, 0.05) is 11.4 Å². The van der Waals surface area contributed by atoms with Crippen molar-refractivity contribution in [3.8, 4) is 11.8 Å². The lowest BCUT2D eigenvalue weighted by Crippen LogP contribution is -2.45. The number of ether oxygens (including phenoxy) is 1. The van der Waals surface area contributed by atoms with E-state index in [4.69, 9.17) is 13.0 Å². The van der Waals surface area contributed by atoms with Crippen LogP contribution in [0.5, 0.6) is 0 Å². The zero-order chi connectivity index (χ0) is 24.2. The Labute approximate surface area is 166 Å². The minimum Gasteiger partial charge on any atom is -0.450 e. The molecule has 0 bridgehead atoms. The SMILES string of the molecule is [2H]C([2H])(C)N(C([2H])([2H])C)C([2H])([2H])C#CCOC(=O)C(O)(c1ccccc1)C1CCCCC1. The van der Waals surface area contributed by atoms with Crippen molar-refractivity contribution < 1.29 is 22.9 Å². The smallest absolute Gasteiger partial charge is 0.344 e. The van der Waals surface area contributed by atoms with E-state index >= 15 is 0 Å². The van der Waals surface area contributed by atoms with Crippen LogP contribution in [-0.4, -0.2) is 42.1 Å². The molecule has 142 valence electrons. The first kappa shape index (κ1) is 13.4. The van der Waals surface area contributed by atoms with E-state index in [0.29, 0.717) is 23.3 Å². The molecule has 2 rings (SSSR count). The highest BCUT2D eigenvalue weighted by atomic mass is 16.5. The summed E-state index contributed by atoms with van der Waals surface area (Å²) in [6, 6.07) is 8.59. The van der Waals surface area contributed by atoms with Crippen LogP contribution in [0.3, 0.4) is 0 Å². The van der Waals surface area contributed by atoms with Gasteiger partial charge >= 0.3 is 5.97 Å². The third-order valence-electron chi connectivity index (χ3n) is 4.70. The van der Waals surface area contributed by atoms with Crippen LogP contribution in [0.25, 0.3) is 0 Å². The van der Waals surface area contributed by atoms with E-state index in [9.17, 15) is 9.90 Å². The summed E-state index contributed by atoms with van der Waals surface area (Å²) in [6.07, 6.45) is 4.22. The van der Waals surface area contributed by atoms with Crippen molar-refractivity contribution in [3.63, 3.8) is 0 Å². The molecule has 26 heavy (non-hydrogen) atoms. The molecule has 1 aromatic rings. The van der Waals surface area contributed by atoms with E-state index in [-0.39, 0.29) is 5.92 Å². The first-order valence-corrected chi connectivity index (χ1v) is 8.96. The van der Waals surface area contributed by atoms with Crippen molar-refractivity contribution in [2.24, 2.45) is 5.92 Å². The molecule has 0 radical (unpaired) electrons. The number of carbonyl (C=O) groups is 1. The molecule has 0 aromatic heterocycles. The number of nitrogens with zero attached hydrogens (tertiary/aromatic N) is 1. The maximum atomic E-state index is 13.0. The Morgan fingerprint density at radius 1 is 1.23 bits per heavy atom. The summed E-state index contributed by atoms with van der Waals surface area (Å²) in [5.74, 6) is 3.36. The second kappa shape index (κ2) is 10.4. The zero-order valence-corrected chi connectivity index (χ0v) is 15.4. The van der Waals surface area contributed by atoms with E-state index in [2.05, 4.69) is 11.8 Å². The van der Waals surface area contributed by atoms with E-state index in [1.807, 2.05) is 0 Å². The third-order valence-corrected chi connectivity index (χ3v) is 4.70. The number of benzene rings is 1. The highest BCUT2D eigenvalue weighted by Gasteiger charge is 2.46. The predicted octanol–water partition coefficient (Wildman–Crippen LogP) is 3.34. The maximum Gasteiger partial charge on any atom is 0.344 e. The lowest BCUT2D eigenvalue weighted by molar-refractivity contribution is -0.174. The average Bonchev–Trinajstić information content (AvgIpc) is 2.69. The van der Waals surface area contributed by atoms with Crippen LogP contribution in [0.4, 0.5) is 0 Å². The first-order valence-electron chi connectivity index (χ1n) is 12.0. The number of hydrogen-bond donors (Lipinski definition) is 1. The van der Waals surface area contributed by atoms with Crippen molar-refractivity contribution in [2.75, 3.05) is 26.1 Å². The van der Waals surface area contributed by atoms with Gasteiger partial charge in [0.05, 0.1) is 9.24 Å². The first-order chi connectivity index (χ1) is 14.7. The maximum absolute atomic E-state index is 13.0. The lowest BCUT2D eigenvalue weighted by Gasteiger charge is -2.36. The number of aliphatic hydroxyl groups is 1. The Balaban J connectivity index is 2.20. The van der Waals surface area contributed by atoms with Crippen LogP contribution < -0.4 is 0 Å². The molecule has 1 aliphatic rings. The van der Waals surface area contributed by atoms with E-state index in [1.165, 1.54) is 0 Å². The van der Waals surface area contributed by atoms with Gasteiger partial charge in [0.1, 0.15) is 0 Å². The Hall–Kier alpha value is -1.83. The van der Waals surface area contributed by atoms with Crippen LogP contribution in [0.1, 0.15) is 59.7 Å². The summed E-state index contributed by atoms with van der Waals surface area (Å²) in [5, 5.41) is 11.4. The van der Waals surface area contributed by atoms with Gasteiger partial charge < -0.3 is 9.84 Å². The molecule has 0 amide bonds. The summed E-state index contributed by atoms with van der Waals surface area (Å²) >= 11 is 0. The fraction of sp³-hybridized carbons (Fsp3) is 0.591. The standard InChI is InChI=1S/C22H31NO3/c1-3-23(4-2)17-11-12-18-26-21(24)22(25,19-13-7-5-8-14-19)20-15-9-6-10-16-20/h5,7-8,13-14,20,25H,3-4,6,9-10,15-18H2,1-2H3/i3D2,4D2,17D2. The third kappa shape index (κ3) is 5.09. The van der Waals surface area contributed by atoms with Gasteiger partial charge in [-0.1, -0.05) is 75.3 Å². The Morgan fingerprint density at radius 3 is 2.50 bits per heavy atom. The average molecular weight is 364 g/mol. The molecular formula is C22H31NO3. The molecule has 1 atom stereocenters. The fourth-order valence-electron chi connectivity index (χ4n) is 3.30. The van der Waals surface area contributed by atoms with Gasteiger partial charge in [-0.15, -0.1) is 0 Å². The molecule has 1 aromatic carbocycles. The second-order valence-corrected chi connectivity index (χ2v) is 6.24. The van der Waals surface area contributed by atoms with Crippen LogP contribution in [0.2, 0.25) is 0 Å². The molecule has 0 heterocycles. The van der Waals surface area contributed by atoms with Gasteiger partial charge in [0.25, 0.3) is 0 Å². The monoisotopic (exact) mass is 363 g/mol. The van der Waals surface area contributed by atoms with Crippen molar-refractivity contribution in [2.45, 2.75) is 51.6 Å². The van der Waals surface area contributed by atoms with Crippen LogP contribution >= 0.6 is 0 Å². The van der Waals surface area contributed by atoms with Gasteiger partial charge in [0.2, 0.25) is 0 Å². The molecule has 4 nitrogen and oxygen atoms in total. The summed E-state index contributed by atoms with van der Waals surface area (Å²) in [6.45, 7) is -5.77. The molecule has 0 aliphatic heterocycles. The van der Waals surface area contributed by atoms with E-state index < -0.39 is 37.7 Å². The zero-order valence-electron chi connectivity index (χ0n) is 21.4. The van der Waals surface area contributed by atoms with Crippen LogP contribution in [0.15, 0.2) is 30.3 Å². The van der Waals surface area contributed by atoms with Crippen LogP contribution in [-0.2, 0) is 15.1 Å². The molecule has 4 heteroatoms. The van der Waals surface area contributed by atoms with Gasteiger partial charge in [-0.3, -0.25) is 4.90 Å². The van der Waals surface area contributed by atoms with Gasteiger partial charge in [0.15, 0.2) is 12.2 Å². The lowest BCUT2D eigenvalue weighted by atomic mass is 9.73. The van der Waals surface area contributed by atoms with Gasteiger partial charge in [-0.25, -0.2) is 4.79 Å². The number of hydrogen-bond acceptors (Lipinski definition) is 4. The van der Waals surface area contributed by atoms with Crippen molar-refractivity contribution in [1.82, 2.24) is 4.90 Å². The number of esters is 1. The summed E-state index contributed by atoms with van der Waals surface area (Å²) in [7, 11) is 0. The Bertz CT molecular complexity index is 821. The molecule has 0 spiro atoms. The molecule has 1 fully saturated rings. The van der Waals surface area contributed by atoms with Crippen molar-refractivity contribution in [1.29, 1.82) is 0 Å². The minimum atomic E-state index is -2.66. The topological polar surface area (TPSA) is 49.8 Å². The molecule has 1 aliphatic carbocycles. The highest BCUT2D eigenvalue weighted by Crippen LogP contribution is 2.40. The molecule has 1 unspecified atom stereocenters. The molecule has 1 N–H and O–H groups in total. The van der Waals surface area contributed by atoms with Crippen molar-refractivity contribution >= 4 is 5.97 Å². The quantitative estimate of drug-likeness (QED) is 0.596. The van der Waals surface area contributed by atoms with E-state index in [1.54, 1.807) is 30.3 Å². The van der Waals surface area contributed by atoms with E-state index in [0.717, 1.165) is 33.1 Å². The fourth-order valence-corrected chi connectivity index (χ4v) is 3.30. The Kier molecular flexibility index (Phi) is 5.32. The minimum absolute atomic E-state index is 0.305. The highest BCUT2D eigenvalue weighted by molar-refractivity contribution is 5.81. The summed E-state index contributed by atoms with van der Waals surface area (Å²) < 4.78 is 52.4. The Morgan fingerprint density at radius 2 is 1.88 bits per heavy atom. The summed E-state index contributed by atoms with van der Waals surface area (Å²) in [5.41, 5.74) is -1.40. The summed E-state index contributed by atoms with van der Waals surface area (Å²) in [4.78, 5) is 13.4. The predicted molar refractivity (Wildman–Crippen MR) is 103 cm³/mol. The molecule has 1 saturated carbocycles. The van der Waals surface area contributed by atoms with Gasteiger partial charge in [-0.2, -0.15) is 0 Å². The van der Waals surface area contributed by atoms with Crippen LogP contribution in [0, 0.1) is 17.8 Å². The van der Waals surface area contributed by atoms with Crippen molar-refractivity contribution in [3.05, 3.63) is 35.9 Å². The molecule has 0 saturated heterocycles. The normalized spacial score (nSPS) is 22.3. The second-order valence-electron chi connectivity index (χ2n) is 6.24. The van der Waals surface area contributed by atoms with Gasteiger partial charge in [-0.05, 0) is 31.4 Å². The largest absolute Gasteiger partial charge is 0.450 e. The number of rotatable bonds is 7. The number of carbonyl (C=O) groups excluding carboxylic acids is 1.